The molecule has 0 amide bonds. The summed E-state index contributed by atoms with van der Waals surface area (Å²) < 4.78 is 14.4. The second-order valence-electron chi connectivity index (χ2n) is 3.77. The standard InChI is InChI=1S/C13H7FN4/c14-11-4-2-10(3-5-11)13-16-12-6-1-9(7-15)8-18(12)17-13/h1-6,8H. The molecule has 1 aromatic carbocycles. The van der Waals surface area contributed by atoms with E-state index in [4.69, 9.17) is 5.26 Å². The van der Waals surface area contributed by atoms with Crippen molar-refractivity contribution in [2.24, 2.45) is 0 Å². The zero-order valence-electron chi connectivity index (χ0n) is 9.21. The molecular formula is C13H7FN4. The Hall–Kier alpha value is -2.74. The van der Waals surface area contributed by atoms with E-state index in [1.807, 2.05) is 6.07 Å². The Balaban J connectivity index is 2.13. The first-order valence-electron chi connectivity index (χ1n) is 5.29. The Bertz CT molecular complexity index is 753. The average molecular weight is 238 g/mol. The van der Waals surface area contributed by atoms with Gasteiger partial charge in [0.05, 0.1) is 5.56 Å². The van der Waals surface area contributed by atoms with Gasteiger partial charge in [0.2, 0.25) is 0 Å². The monoisotopic (exact) mass is 238 g/mol. The van der Waals surface area contributed by atoms with Crippen molar-refractivity contribution in [3.8, 4) is 17.5 Å². The zero-order chi connectivity index (χ0) is 12.5. The quantitative estimate of drug-likeness (QED) is 0.654. The molecule has 2 aromatic heterocycles. The van der Waals surface area contributed by atoms with Crippen LogP contribution in [0.4, 0.5) is 4.39 Å². The Kier molecular flexibility index (Phi) is 2.27. The number of aromatic nitrogens is 3. The van der Waals surface area contributed by atoms with Crippen LogP contribution < -0.4 is 0 Å². The second-order valence-corrected chi connectivity index (χ2v) is 3.77. The van der Waals surface area contributed by atoms with Gasteiger partial charge in [-0.25, -0.2) is 13.9 Å². The third-order valence-electron chi connectivity index (χ3n) is 2.56. The molecule has 0 unspecified atom stereocenters. The summed E-state index contributed by atoms with van der Waals surface area (Å²) in [5.74, 6) is 0.208. The van der Waals surface area contributed by atoms with Crippen LogP contribution in [0.15, 0.2) is 42.6 Å². The van der Waals surface area contributed by atoms with E-state index in [0.29, 0.717) is 17.0 Å². The van der Waals surface area contributed by atoms with E-state index in [-0.39, 0.29) is 5.82 Å². The molecule has 0 spiro atoms. The van der Waals surface area contributed by atoms with E-state index in [1.165, 1.54) is 16.6 Å². The molecule has 0 saturated heterocycles. The number of fused-ring (bicyclic) bond motifs is 1. The molecule has 4 nitrogen and oxygen atoms in total. The Morgan fingerprint density at radius 1 is 1.11 bits per heavy atom. The largest absolute Gasteiger partial charge is 0.219 e. The topological polar surface area (TPSA) is 54.0 Å². The van der Waals surface area contributed by atoms with E-state index < -0.39 is 0 Å². The van der Waals surface area contributed by atoms with Crippen LogP contribution in [0.25, 0.3) is 17.0 Å². The van der Waals surface area contributed by atoms with Gasteiger partial charge in [0.25, 0.3) is 0 Å². The summed E-state index contributed by atoms with van der Waals surface area (Å²) in [6, 6.07) is 11.4. The van der Waals surface area contributed by atoms with Crippen LogP contribution in [0.3, 0.4) is 0 Å². The van der Waals surface area contributed by atoms with Crippen LogP contribution in [-0.2, 0) is 0 Å². The van der Waals surface area contributed by atoms with Crippen molar-refractivity contribution >= 4 is 5.65 Å². The van der Waals surface area contributed by atoms with Crippen molar-refractivity contribution in [3.05, 3.63) is 54.0 Å². The molecule has 0 radical (unpaired) electrons. The summed E-state index contributed by atoms with van der Waals surface area (Å²) >= 11 is 0. The summed E-state index contributed by atoms with van der Waals surface area (Å²) in [7, 11) is 0. The van der Waals surface area contributed by atoms with Crippen LogP contribution in [0, 0.1) is 17.1 Å². The number of halogens is 1. The van der Waals surface area contributed by atoms with Gasteiger partial charge < -0.3 is 0 Å². The summed E-state index contributed by atoms with van der Waals surface area (Å²) in [5.41, 5.74) is 1.89. The first-order valence-corrected chi connectivity index (χ1v) is 5.29. The maximum Gasteiger partial charge on any atom is 0.182 e. The predicted molar refractivity (Wildman–Crippen MR) is 63.1 cm³/mol. The third-order valence-corrected chi connectivity index (χ3v) is 2.56. The van der Waals surface area contributed by atoms with Crippen molar-refractivity contribution in [2.45, 2.75) is 0 Å². The fraction of sp³-hybridized carbons (Fsp3) is 0. The molecule has 0 aliphatic carbocycles. The van der Waals surface area contributed by atoms with Gasteiger partial charge >= 0.3 is 0 Å². The van der Waals surface area contributed by atoms with Crippen molar-refractivity contribution in [1.82, 2.24) is 14.6 Å². The van der Waals surface area contributed by atoms with Crippen LogP contribution in [0.2, 0.25) is 0 Å². The van der Waals surface area contributed by atoms with E-state index in [9.17, 15) is 4.39 Å². The molecule has 86 valence electrons. The normalized spacial score (nSPS) is 10.4. The molecule has 0 bridgehead atoms. The van der Waals surface area contributed by atoms with Crippen molar-refractivity contribution < 1.29 is 4.39 Å². The fourth-order valence-electron chi connectivity index (χ4n) is 1.67. The SMILES string of the molecule is N#Cc1ccc2nc(-c3ccc(F)cc3)nn2c1. The van der Waals surface area contributed by atoms with E-state index >= 15 is 0 Å². The average Bonchev–Trinajstić information content (AvgIpc) is 2.82. The molecule has 0 aliphatic heterocycles. The maximum absolute atomic E-state index is 12.8. The molecule has 3 aromatic rings. The molecular weight excluding hydrogens is 231 g/mol. The first kappa shape index (κ1) is 10.4. The molecule has 0 aliphatic rings. The number of nitrogens with zero attached hydrogens (tertiary/aromatic N) is 4. The first-order chi connectivity index (χ1) is 8.76. The summed E-state index contributed by atoms with van der Waals surface area (Å²) in [6.07, 6.45) is 1.61. The van der Waals surface area contributed by atoms with Crippen molar-refractivity contribution in [1.29, 1.82) is 5.26 Å². The number of nitriles is 1. The number of rotatable bonds is 1. The highest BCUT2D eigenvalue weighted by atomic mass is 19.1. The van der Waals surface area contributed by atoms with Crippen LogP contribution in [0.5, 0.6) is 0 Å². The minimum absolute atomic E-state index is 0.297. The molecule has 0 saturated carbocycles. The van der Waals surface area contributed by atoms with E-state index in [1.54, 1.807) is 30.5 Å². The highest BCUT2D eigenvalue weighted by Crippen LogP contribution is 2.16. The highest BCUT2D eigenvalue weighted by molar-refractivity contribution is 5.58. The van der Waals surface area contributed by atoms with E-state index in [0.717, 1.165) is 5.56 Å². The summed E-state index contributed by atoms with van der Waals surface area (Å²) in [4.78, 5) is 4.31. The van der Waals surface area contributed by atoms with Crippen LogP contribution >= 0.6 is 0 Å². The summed E-state index contributed by atoms with van der Waals surface area (Å²) in [5, 5.41) is 13.1. The lowest BCUT2D eigenvalue weighted by Gasteiger charge is -1.93. The smallest absolute Gasteiger partial charge is 0.182 e. The lowest BCUT2D eigenvalue weighted by molar-refractivity contribution is 0.628. The van der Waals surface area contributed by atoms with Crippen molar-refractivity contribution in [3.63, 3.8) is 0 Å². The number of pyridine rings is 1. The van der Waals surface area contributed by atoms with Gasteiger partial charge in [-0.05, 0) is 36.4 Å². The highest BCUT2D eigenvalue weighted by Gasteiger charge is 2.06. The predicted octanol–water partition coefficient (Wildman–Crippen LogP) is 2.41. The fourth-order valence-corrected chi connectivity index (χ4v) is 1.67. The number of benzene rings is 1. The lowest BCUT2D eigenvalue weighted by atomic mass is 10.2. The third kappa shape index (κ3) is 1.70. The number of hydrogen-bond acceptors (Lipinski definition) is 3. The van der Waals surface area contributed by atoms with Gasteiger partial charge in [-0.15, -0.1) is 5.10 Å². The maximum atomic E-state index is 12.8. The van der Waals surface area contributed by atoms with Crippen LogP contribution in [-0.4, -0.2) is 14.6 Å². The van der Waals surface area contributed by atoms with Gasteiger partial charge in [0.1, 0.15) is 11.9 Å². The lowest BCUT2D eigenvalue weighted by Crippen LogP contribution is -1.88. The van der Waals surface area contributed by atoms with Gasteiger partial charge in [-0.3, -0.25) is 0 Å². The molecule has 0 atom stereocenters. The molecule has 0 N–H and O–H groups in total. The van der Waals surface area contributed by atoms with Gasteiger partial charge in [-0.1, -0.05) is 0 Å². The van der Waals surface area contributed by atoms with Gasteiger partial charge in [0.15, 0.2) is 11.5 Å². The Morgan fingerprint density at radius 3 is 2.61 bits per heavy atom. The second kappa shape index (κ2) is 3.93. The molecule has 18 heavy (non-hydrogen) atoms. The van der Waals surface area contributed by atoms with Crippen LogP contribution in [0.1, 0.15) is 5.56 Å². The number of hydrogen-bond donors (Lipinski definition) is 0. The zero-order valence-corrected chi connectivity index (χ0v) is 9.21. The molecule has 3 rings (SSSR count). The summed E-state index contributed by atoms with van der Waals surface area (Å²) in [6.45, 7) is 0. The van der Waals surface area contributed by atoms with Crippen molar-refractivity contribution in [2.75, 3.05) is 0 Å². The molecule has 0 fully saturated rings. The Morgan fingerprint density at radius 2 is 1.89 bits per heavy atom. The van der Waals surface area contributed by atoms with E-state index in [2.05, 4.69) is 10.1 Å². The molecule has 5 heteroatoms. The molecule has 2 heterocycles. The van der Waals surface area contributed by atoms with Gasteiger partial charge in [0, 0.05) is 11.8 Å². The Labute approximate surface area is 102 Å². The van der Waals surface area contributed by atoms with Gasteiger partial charge in [-0.2, -0.15) is 5.26 Å². The minimum Gasteiger partial charge on any atom is -0.219 e. The minimum atomic E-state index is -0.297.